The van der Waals surface area contributed by atoms with Gasteiger partial charge in [-0.1, -0.05) is 0 Å². The van der Waals surface area contributed by atoms with E-state index in [-0.39, 0.29) is 0 Å². The molecule has 5 aliphatic heterocycles. The van der Waals surface area contributed by atoms with Gasteiger partial charge in [0.2, 0.25) is 11.8 Å². The maximum absolute atomic E-state index is 12.9. The summed E-state index contributed by atoms with van der Waals surface area (Å²) in [5.41, 5.74) is 0. The van der Waals surface area contributed by atoms with Crippen LogP contribution in [-0.4, -0.2) is 285 Å². The quantitative estimate of drug-likeness (QED) is 0.0643. The average Bonchev–Trinajstić information content (AvgIpc) is 3.28. The SMILES string of the molecule is CC(=O)N[C@@H]1[C@@H](O[C@@H]2O[C@H](CO)[C@@H](O[C@@H]3O[C@H](CO)[C@H](O)[C@H](O)[C@H]3O)[C@H](O[C@@H]3O[C@@H](C)[C@@H](O)[C@@H](O)[C@@H]3O)[C@H]2NC(C)=O)[C@@H](O)[C@@H](CO[C@]2(C(=O)O)C[C@H](O)[C@@H](O)[C@H]([C@H](O)[C@H](O)CO)O2)O[C@H]1O. The fraction of sp³-hybridized carbons (Fsp3) is 0.919. The molecule has 0 saturated carbocycles. The van der Waals surface area contributed by atoms with Gasteiger partial charge in [-0.3, -0.25) is 9.59 Å². The summed E-state index contributed by atoms with van der Waals surface area (Å²) in [6, 6.07) is -3.60. The summed E-state index contributed by atoms with van der Waals surface area (Å²) in [4.78, 5) is 38.0. The van der Waals surface area contributed by atoms with Crippen molar-refractivity contribution in [1.29, 1.82) is 0 Å². The minimum atomic E-state index is -2.98. The van der Waals surface area contributed by atoms with Crippen molar-refractivity contribution in [3.63, 3.8) is 0 Å². The number of rotatable bonds is 17. The number of hydrogen-bond acceptors (Lipinski definition) is 27. The molecule has 0 spiro atoms. The molecule has 0 aliphatic carbocycles. The summed E-state index contributed by atoms with van der Waals surface area (Å²) in [6.45, 7) is -0.896. The van der Waals surface area contributed by atoms with Gasteiger partial charge < -0.3 is 135 Å². The Morgan fingerprint density at radius 3 is 1.73 bits per heavy atom. The second-order valence-corrected chi connectivity index (χ2v) is 16.9. The molecule has 5 saturated heterocycles. The van der Waals surface area contributed by atoms with E-state index in [2.05, 4.69) is 10.6 Å². The highest BCUT2D eigenvalue weighted by Gasteiger charge is 2.59. The second-order valence-electron chi connectivity index (χ2n) is 16.9. The van der Waals surface area contributed by atoms with Gasteiger partial charge in [-0.05, 0) is 6.92 Å². The molecule has 5 aliphatic rings. The molecular weight excluding hydrogens is 920 g/mol. The lowest BCUT2D eigenvalue weighted by Gasteiger charge is -2.51. The first-order chi connectivity index (χ1) is 31.4. The predicted molar refractivity (Wildman–Crippen MR) is 206 cm³/mol. The Bertz CT molecular complexity index is 1640. The fourth-order valence-electron chi connectivity index (χ4n) is 8.33. The molecule has 30 nitrogen and oxygen atoms in total. The second kappa shape index (κ2) is 23.1. The van der Waals surface area contributed by atoms with Crippen LogP contribution in [0.1, 0.15) is 27.2 Å². The van der Waals surface area contributed by atoms with Crippen molar-refractivity contribution >= 4 is 17.8 Å². The molecule has 26 atom stereocenters. The van der Waals surface area contributed by atoms with Gasteiger partial charge in [0.25, 0.3) is 5.79 Å². The normalized spacial score (nSPS) is 47.1. The van der Waals surface area contributed by atoms with Crippen molar-refractivity contribution < 1.29 is 139 Å². The van der Waals surface area contributed by atoms with E-state index in [0.29, 0.717) is 0 Å². The fourth-order valence-corrected chi connectivity index (χ4v) is 8.33. The average molecular weight is 983 g/mol. The molecule has 18 N–H and O–H groups in total. The Balaban J connectivity index is 1.51. The first kappa shape index (κ1) is 55.4. The third-order valence-corrected chi connectivity index (χ3v) is 12.0. The molecule has 67 heavy (non-hydrogen) atoms. The highest BCUT2D eigenvalue weighted by Crippen LogP contribution is 2.38. The minimum Gasteiger partial charge on any atom is -0.477 e. The summed E-state index contributed by atoms with van der Waals surface area (Å²) in [6.07, 6.45) is -45.3. The lowest BCUT2D eigenvalue weighted by Crippen LogP contribution is -2.72. The van der Waals surface area contributed by atoms with Crippen LogP contribution in [-0.2, 0) is 57.0 Å². The number of carboxylic acid groups (broad SMARTS) is 1. The summed E-state index contributed by atoms with van der Waals surface area (Å²) >= 11 is 0. The van der Waals surface area contributed by atoms with Crippen LogP contribution >= 0.6 is 0 Å². The van der Waals surface area contributed by atoms with Gasteiger partial charge in [0, 0.05) is 20.3 Å². The highest BCUT2D eigenvalue weighted by molar-refractivity contribution is 5.76. The van der Waals surface area contributed by atoms with Gasteiger partial charge in [0.15, 0.2) is 25.2 Å². The van der Waals surface area contributed by atoms with E-state index >= 15 is 0 Å². The van der Waals surface area contributed by atoms with E-state index in [1.165, 1.54) is 6.92 Å². The Morgan fingerprint density at radius 1 is 0.627 bits per heavy atom. The van der Waals surface area contributed by atoms with E-state index in [0.717, 1.165) is 13.8 Å². The third-order valence-electron chi connectivity index (χ3n) is 12.0. The number of nitrogens with one attached hydrogen (secondary N) is 2. The minimum absolute atomic E-state index is 0.852. The number of aliphatic hydroxyl groups is 15. The van der Waals surface area contributed by atoms with E-state index in [4.69, 9.17) is 42.6 Å². The molecule has 0 radical (unpaired) electrons. The van der Waals surface area contributed by atoms with Gasteiger partial charge in [0.05, 0.1) is 38.6 Å². The number of aliphatic hydroxyl groups excluding tert-OH is 15. The predicted octanol–water partition coefficient (Wildman–Crippen LogP) is -11.4. The van der Waals surface area contributed by atoms with Gasteiger partial charge in [-0.2, -0.15) is 0 Å². The van der Waals surface area contributed by atoms with Crippen molar-refractivity contribution in [1.82, 2.24) is 10.6 Å². The first-order valence-electron chi connectivity index (χ1n) is 21.1. The lowest BCUT2D eigenvalue weighted by molar-refractivity contribution is -0.382. The molecular formula is C37H62N2O28. The topological polar surface area (TPSA) is 482 Å². The summed E-state index contributed by atoms with van der Waals surface area (Å²) in [7, 11) is 0. The number of carboxylic acids is 1. The standard InChI is InChI=1S/C37H62N2O28/c1-9-19(47)24(52)26(54)34(60-9)66-30-18(39-11(3)44)33(63-15(7-42)28(30)64-35-27(55)25(53)22(50)14(6-41)62-35)65-29-17(38-10(2)43)32(56)61-16(23(29)51)8-59-37(36(57)58)4-12(45)20(48)31(67-37)21(49)13(46)5-40/h9,12-35,40-42,45-56H,4-8H2,1-3H3,(H,38,43)(H,39,44)(H,57,58)/t9-,12-,13+,14+,15+,16+,17+,18+,19+,20+,21+,22-,23-,24+,25-,26-,27+,28+,29+,30+,31+,32+,33-,34-,35-,37+/m0/s1. The molecule has 0 bridgehead atoms. The largest absolute Gasteiger partial charge is 0.477 e. The van der Waals surface area contributed by atoms with Gasteiger partial charge >= 0.3 is 5.97 Å². The van der Waals surface area contributed by atoms with Crippen molar-refractivity contribution in [3.05, 3.63) is 0 Å². The first-order valence-corrected chi connectivity index (χ1v) is 21.1. The number of amides is 2. The summed E-state index contributed by atoms with van der Waals surface area (Å²) in [5.74, 6) is -6.69. The number of carbonyl (C=O) groups is 3. The Kier molecular flexibility index (Phi) is 19.1. The maximum Gasteiger partial charge on any atom is 0.364 e. The van der Waals surface area contributed by atoms with Crippen LogP contribution in [0.4, 0.5) is 0 Å². The monoisotopic (exact) mass is 982 g/mol. The molecule has 30 heteroatoms. The van der Waals surface area contributed by atoms with E-state index in [1.54, 1.807) is 0 Å². The van der Waals surface area contributed by atoms with Crippen LogP contribution in [0.2, 0.25) is 0 Å². The maximum atomic E-state index is 12.9. The molecule has 0 aromatic carbocycles. The molecule has 388 valence electrons. The smallest absolute Gasteiger partial charge is 0.364 e. The number of ether oxygens (including phenoxy) is 9. The van der Waals surface area contributed by atoms with Crippen LogP contribution in [0.15, 0.2) is 0 Å². The molecule has 5 heterocycles. The molecule has 5 rings (SSSR count). The zero-order valence-electron chi connectivity index (χ0n) is 36.0. The van der Waals surface area contributed by atoms with E-state index < -0.39 is 210 Å². The Morgan fingerprint density at radius 2 is 1.16 bits per heavy atom. The summed E-state index contributed by atoms with van der Waals surface area (Å²) in [5, 5.41) is 173. The van der Waals surface area contributed by atoms with Crippen LogP contribution in [0.3, 0.4) is 0 Å². The zero-order valence-corrected chi connectivity index (χ0v) is 36.0. The van der Waals surface area contributed by atoms with Crippen molar-refractivity contribution in [2.45, 2.75) is 186 Å². The van der Waals surface area contributed by atoms with E-state index in [9.17, 15) is 96.1 Å². The van der Waals surface area contributed by atoms with Crippen LogP contribution in [0.25, 0.3) is 0 Å². The van der Waals surface area contributed by atoms with Crippen molar-refractivity contribution in [2.75, 3.05) is 26.4 Å². The van der Waals surface area contributed by atoms with Crippen LogP contribution in [0, 0.1) is 0 Å². The lowest BCUT2D eigenvalue weighted by atomic mass is 9.90. The molecule has 2 amide bonds. The van der Waals surface area contributed by atoms with E-state index in [1.807, 2.05) is 0 Å². The number of aliphatic carboxylic acids is 1. The highest BCUT2D eigenvalue weighted by atomic mass is 16.8. The summed E-state index contributed by atoms with van der Waals surface area (Å²) < 4.78 is 51.8. The number of hydrogen-bond donors (Lipinski definition) is 18. The number of carbonyl (C=O) groups excluding carboxylic acids is 2. The molecule has 0 aromatic rings. The molecule has 0 unspecified atom stereocenters. The van der Waals surface area contributed by atoms with Gasteiger partial charge in [-0.15, -0.1) is 0 Å². The van der Waals surface area contributed by atoms with Crippen LogP contribution in [0.5, 0.6) is 0 Å². The Hall–Kier alpha value is -2.55. The molecule has 0 aromatic heterocycles. The Labute approximate surface area is 379 Å². The molecule has 5 fully saturated rings. The van der Waals surface area contributed by atoms with Crippen molar-refractivity contribution in [2.24, 2.45) is 0 Å². The van der Waals surface area contributed by atoms with Crippen LogP contribution < -0.4 is 10.6 Å². The zero-order chi connectivity index (χ0) is 50.0. The van der Waals surface area contributed by atoms with Crippen molar-refractivity contribution in [3.8, 4) is 0 Å². The third kappa shape index (κ3) is 12.0. The van der Waals surface area contributed by atoms with Gasteiger partial charge in [0.1, 0.15) is 116 Å². The van der Waals surface area contributed by atoms with Gasteiger partial charge in [-0.25, -0.2) is 4.79 Å².